The van der Waals surface area contributed by atoms with Gasteiger partial charge in [0.25, 0.3) is 0 Å². The Morgan fingerprint density at radius 3 is 3.12 bits per heavy atom. The minimum absolute atomic E-state index is 0.128. The third kappa shape index (κ3) is 2.94. The maximum Gasteiger partial charge on any atom is 0.410 e. The van der Waals surface area contributed by atoms with Crippen LogP contribution in [0.25, 0.3) is 0 Å². The molecule has 3 atom stereocenters. The summed E-state index contributed by atoms with van der Waals surface area (Å²) in [5.41, 5.74) is 5.45. The number of carbonyl (C=O) groups is 1. The Labute approximate surface area is 142 Å². The first kappa shape index (κ1) is 17.0. The van der Waals surface area contributed by atoms with Crippen molar-refractivity contribution in [3.8, 4) is 0 Å². The monoisotopic (exact) mass is 355 g/mol. The summed E-state index contributed by atoms with van der Waals surface area (Å²) in [6.07, 6.45) is -1.50. The number of nitrogens with zero attached hydrogens (tertiary/aromatic N) is 1. The molecule has 2 aliphatic heterocycles. The summed E-state index contributed by atoms with van der Waals surface area (Å²) in [4.78, 5) is 15.5. The molecule has 4 N–H and O–H groups in total. The Hall–Kier alpha value is -1.84. The Balaban J connectivity index is 2.14. The van der Waals surface area contributed by atoms with Crippen LogP contribution in [0, 0.1) is 11.7 Å². The minimum Gasteiger partial charge on any atom is -0.465 e. The van der Waals surface area contributed by atoms with Crippen molar-refractivity contribution in [1.82, 2.24) is 5.32 Å². The lowest BCUT2D eigenvalue weighted by Crippen LogP contribution is -2.55. The van der Waals surface area contributed by atoms with Crippen LogP contribution in [-0.4, -0.2) is 48.5 Å². The number of rotatable bonds is 2. The van der Waals surface area contributed by atoms with E-state index in [9.17, 15) is 9.18 Å². The number of benzene rings is 1. The van der Waals surface area contributed by atoms with Crippen LogP contribution in [0.15, 0.2) is 23.2 Å². The Morgan fingerprint density at radius 1 is 1.62 bits per heavy atom. The van der Waals surface area contributed by atoms with Gasteiger partial charge in [0, 0.05) is 30.0 Å². The predicted molar refractivity (Wildman–Crippen MR) is 88.6 cm³/mol. The first-order valence-electron chi connectivity index (χ1n) is 7.35. The van der Waals surface area contributed by atoms with Gasteiger partial charge in [-0.15, -0.1) is 0 Å². The Kier molecular flexibility index (Phi) is 4.66. The van der Waals surface area contributed by atoms with Crippen LogP contribution in [0.1, 0.15) is 5.56 Å². The van der Waals surface area contributed by atoms with E-state index in [4.69, 9.17) is 20.3 Å². The van der Waals surface area contributed by atoms with Gasteiger partial charge in [0.15, 0.2) is 5.17 Å². The fourth-order valence-corrected chi connectivity index (χ4v) is 4.42. The fourth-order valence-electron chi connectivity index (χ4n) is 3.20. The first-order valence-corrected chi connectivity index (χ1v) is 8.33. The largest absolute Gasteiger partial charge is 0.465 e. The highest BCUT2D eigenvalue weighted by molar-refractivity contribution is 8.13. The zero-order valence-corrected chi connectivity index (χ0v) is 13.8. The molecule has 0 spiro atoms. The van der Waals surface area contributed by atoms with Gasteiger partial charge in [-0.25, -0.2) is 14.2 Å². The van der Waals surface area contributed by atoms with E-state index < -0.39 is 17.4 Å². The van der Waals surface area contributed by atoms with Crippen LogP contribution in [0.3, 0.4) is 0 Å². The van der Waals surface area contributed by atoms with Crippen molar-refractivity contribution in [2.45, 2.75) is 11.6 Å². The minimum atomic E-state index is -1.22. The zero-order chi connectivity index (χ0) is 17.3. The van der Waals surface area contributed by atoms with E-state index in [0.717, 1.165) is 0 Å². The van der Waals surface area contributed by atoms with Gasteiger partial charge in [0.1, 0.15) is 11.4 Å². The van der Waals surface area contributed by atoms with Crippen molar-refractivity contribution in [3.05, 3.63) is 29.6 Å². The van der Waals surface area contributed by atoms with Crippen molar-refractivity contribution in [2.75, 3.05) is 31.8 Å². The van der Waals surface area contributed by atoms with E-state index in [1.807, 2.05) is 0 Å². The molecule has 1 aromatic carbocycles. The van der Waals surface area contributed by atoms with Gasteiger partial charge < -0.3 is 20.3 Å². The molecule has 7 nitrogen and oxygen atoms in total. The number of nitrogens with one attached hydrogen (secondary N) is 1. The van der Waals surface area contributed by atoms with E-state index in [-0.39, 0.29) is 23.8 Å². The molecule has 0 unspecified atom stereocenters. The number of methoxy groups -OCH3 is 1. The van der Waals surface area contributed by atoms with Crippen molar-refractivity contribution in [1.29, 1.82) is 0 Å². The van der Waals surface area contributed by atoms with Gasteiger partial charge in [0.05, 0.1) is 19.3 Å². The number of amidine groups is 1. The molecule has 24 heavy (non-hydrogen) atoms. The summed E-state index contributed by atoms with van der Waals surface area (Å²) in [6, 6.07) is 4.29. The normalized spacial score (nSPS) is 29.5. The first-order chi connectivity index (χ1) is 11.5. The summed E-state index contributed by atoms with van der Waals surface area (Å²) in [6.45, 7) is 0.508. The number of halogens is 1. The summed E-state index contributed by atoms with van der Waals surface area (Å²) < 4.78 is 25.7. The zero-order valence-electron chi connectivity index (χ0n) is 13.0. The molecule has 0 aromatic heterocycles. The van der Waals surface area contributed by atoms with Crippen LogP contribution in [0.5, 0.6) is 0 Å². The van der Waals surface area contributed by atoms with Crippen molar-refractivity contribution < 1.29 is 23.8 Å². The summed E-state index contributed by atoms with van der Waals surface area (Å²) in [7, 11) is 1.57. The van der Waals surface area contributed by atoms with Crippen LogP contribution in [-0.2, 0) is 15.0 Å². The average molecular weight is 355 g/mol. The number of nitrogens with two attached hydrogens (primary N) is 1. The van der Waals surface area contributed by atoms with Gasteiger partial charge in [0.2, 0.25) is 0 Å². The summed E-state index contributed by atoms with van der Waals surface area (Å²) >= 11 is 1.27. The van der Waals surface area contributed by atoms with Crippen LogP contribution >= 0.6 is 11.8 Å². The van der Waals surface area contributed by atoms with Gasteiger partial charge in [-0.2, -0.15) is 0 Å². The number of thioether (sulfide) groups is 1. The molecule has 2 heterocycles. The molecule has 1 saturated heterocycles. The molecule has 9 heteroatoms. The SMILES string of the molecule is CO[C@H]1COC[C@]2(c3cc(N)ccc3F)N=C(NC(=O)O)SC[C@H]12. The predicted octanol–water partition coefficient (Wildman–Crippen LogP) is 1.64. The number of carboxylic acid groups (broad SMARTS) is 1. The average Bonchev–Trinajstić information content (AvgIpc) is 2.55. The standard InChI is InChI=1S/C15H18FN3O4S/c1-22-12-5-23-7-15(9-4-8(17)2-3-11(9)16)10(12)6-24-13(19-15)18-14(20)21/h2-4,10,12H,5-7,17H2,1H3,(H,18,19)(H,20,21)/t10-,12+,15-/m1/s1. The maximum absolute atomic E-state index is 14.6. The highest BCUT2D eigenvalue weighted by atomic mass is 32.2. The highest BCUT2D eigenvalue weighted by Crippen LogP contribution is 2.46. The van der Waals surface area contributed by atoms with E-state index >= 15 is 0 Å². The smallest absolute Gasteiger partial charge is 0.410 e. The lowest BCUT2D eigenvalue weighted by Gasteiger charge is -2.47. The number of anilines is 1. The molecular formula is C15H18FN3O4S. The van der Waals surface area contributed by atoms with Crippen molar-refractivity contribution in [3.63, 3.8) is 0 Å². The van der Waals surface area contributed by atoms with Crippen LogP contribution < -0.4 is 11.1 Å². The molecule has 2 aliphatic rings. The summed E-state index contributed by atoms with van der Waals surface area (Å²) in [5, 5.41) is 11.4. The van der Waals surface area contributed by atoms with Gasteiger partial charge in [-0.05, 0) is 18.2 Å². The molecular weight excluding hydrogens is 337 g/mol. The third-order valence-electron chi connectivity index (χ3n) is 4.34. The Morgan fingerprint density at radius 2 is 2.42 bits per heavy atom. The lowest BCUT2D eigenvalue weighted by molar-refractivity contribution is -0.102. The second-order valence-corrected chi connectivity index (χ2v) is 6.73. The molecule has 0 aliphatic carbocycles. The number of fused-ring (bicyclic) bond motifs is 1. The van der Waals surface area contributed by atoms with Gasteiger partial charge in [-0.3, -0.25) is 5.32 Å². The maximum atomic E-state index is 14.6. The van der Waals surface area contributed by atoms with E-state index in [0.29, 0.717) is 23.6 Å². The summed E-state index contributed by atoms with van der Waals surface area (Å²) in [5.74, 6) is -0.105. The van der Waals surface area contributed by atoms with Gasteiger partial charge in [-0.1, -0.05) is 11.8 Å². The van der Waals surface area contributed by atoms with E-state index in [1.165, 1.54) is 30.0 Å². The number of amides is 1. The van der Waals surface area contributed by atoms with Crippen molar-refractivity contribution >= 4 is 28.7 Å². The number of ether oxygens (including phenoxy) is 2. The molecule has 1 fully saturated rings. The van der Waals surface area contributed by atoms with Crippen molar-refractivity contribution in [2.24, 2.45) is 10.9 Å². The molecule has 1 amide bonds. The molecule has 1 aromatic rings. The molecule has 0 radical (unpaired) electrons. The Bertz CT molecular complexity index is 687. The second-order valence-electron chi connectivity index (χ2n) is 5.72. The number of hydrogen-bond acceptors (Lipinski definition) is 6. The molecule has 0 saturated carbocycles. The van der Waals surface area contributed by atoms with Crippen LogP contribution in [0.4, 0.5) is 14.9 Å². The van der Waals surface area contributed by atoms with Gasteiger partial charge >= 0.3 is 6.09 Å². The molecule has 3 rings (SSSR count). The second kappa shape index (κ2) is 6.58. The topological polar surface area (TPSA) is 106 Å². The fraction of sp³-hybridized carbons (Fsp3) is 0.467. The quantitative estimate of drug-likeness (QED) is 0.696. The van der Waals surface area contributed by atoms with Crippen LogP contribution in [0.2, 0.25) is 0 Å². The number of hydrogen-bond donors (Lipinski definition) is 3. The highest BCUT2D eigenvalue weighted by Gasteiger charge is 2.52. The lowest BCUT2D eigenvalue weighted by atomic mass is 9.75. The van der Waals surface area contributed by atoms with E-state index in [1.54, 1.807) is 7.11 Å². The molecule has 130 valence electrons. The third-order valence-corrected chi connectivity index (χ3v) is 5.33. The van der Waals surface area contributed by atoms with E-state index in [2.05, 4.69) is 10.3 Å². The molecule has 0 bridgehead atoms. The number of aliphatic imine (C=N–C) groups is 1. The number of nitrogen functional groups attached to an aromatic ring is 1.